The molecule has 0 spiro atoms. The van der Waals surface area contributed by atoms with Gasteiger partial charge < -0.3 is 10.1 Å². The number of hydrogen-bond acceptors (Lipinski definition) is 3. The van der Waals surface area contributed by atoms with Crippen molar-refractivity contribution in [3.8, 4) is 0 Å². The number of ether oxygens (including phenoxy) is 1. The number of thiocarbonyl (C=S) groups is 1. The zero-order valence-electron chi connectivity index (χ0n) is 9.32. The van der Waals surface area contributed by atoms with Crippen LogP contribution in [0.1, 0.15) is 13.8 Å². The van der Waals surface area contributed by atoms with Crippen molar-refractivity contribution in [1.82, 2.24) is 10.2 Å². The van der Waals surface area contributed by atoms with E-state index < -0.39 is 0 Å². The minimum Gasteiger partial charge on any atom is -0.379 e. The van der Waals surface area contributed by atoms with E-state index in [1.54, 1.807) is 0 Å². The van der Waals surface area contributed by atoms with Crippen LogP contribution in [-0.4, -0.2) is 42.2 Å². The van der Waals surface area contributed by atoms with E-state index in [1.165, 1.54) is 0 Å². The van der Waals surface area contributed by atoms with Crippen LogP contribution in [-0.2, 0) is 4.74 Å². The highest BCUT2D eigenvalue weighted by Crippen LogP contribution is 2.30. The zero-order valence-corrected chi connectivity index (χ0v) is 10.1. The molecule has 1 N–H and O–H groups in total. The molecule has 0 bridgehead atoms. The van der Waals surface area contributed by atoms with Crippen molar-refractivity contribution >= 4 is 17.2 Å². The summed E-state index contributed by atoms with van der Waals surface area (Å²) >= 11 is 5.37. The molecule has 2 aliphatic heterocycles. The smallest absolute Gasteiger partial charge is 0.0868 e. The second-order valence-corrected chi connectivity index (χ2v) is 5.06. The van der Waals surface area contributed by atoms with Gasteiger partial charge in [-0.05, 0) is 6.20 Å². The van der Waals surface area contributed by atoms with E-state index in [9.17, 15) is 0 Å². The summed E-state index contributed by atoms with van der Waals surface area (Å²) in [7, 11) is 0. The highest BCUT2D eigenvalue weighted by atomic mass is 32.1. The molecule has 0 radical (unpaired) electrons. The molecule has 2 heterocycles. The Morgan fingerprint density at radius 3 is 2.80 bits per heavy atom. The molecule has 0 aromatic heterocycles. The first-order valence-electron chi connectivity index (χ1n) is 5.42. The van der Waals surface area contributed by atoms with Gasteiger partial charge in [0.15, 0.2) is 0 Å². The first-order chi connectivity index (χ1) is 7.12. The van der Waals surface area contributed by atoms with Gasteiger partial charge in [0.1, 0.15) is 0 Å². The maximum absolute atomic E-state index is 5.37. The van der Waals surface area contributed by atoms with Crippen molar-refractivity contribution < 1.29 is 4.74 Å². The lowest BCUT2D eigenvalue weighted by Crippen LogP contribution is -2.55. The van der Waals surface area contributed by atoms with E-state index in [1.807, 2.05) is 6.20 Å². The maximum Gasteiger partial charge on any atom is 0.0868 e. The highest BCUT2D eigenvalue weighted by Gasteiger charge is 2.38. The summed E-state index contributed by atoms with van der Waals surface area (Å²) in [6.07, 6.45) is 4.18. The number of rotatable bonds is 1. The third kappa shape index (κ3) is 2.07. The Labute approximate surface area is 96.5 Å². The van der Waals surface area contributed by atoms with Gasteiger partial charge in [0.05, 0.1) is 18.2 Å². The van der Waals surface area contributed by atoms with Gasteiger partial charge in [-0.2, -0.15) is 0 Å². The Kier molecular flexibility index (Phi) is 3.09. The summed E-state index contributed by atoms with van der Waals surface area (Å²) < 4.78 is 5.37. The zero-order chi connectivity index (χ0) is 10.9. The second-order valence-electron chi connectivity index (χ2n) is 4.65. The lowest BCUT2D eigenvalue weighted by atomic mass is 9.81. The molecule has 3 nitrogen and oxygen atoms in total. The number of nitrogens with zero attached hydrogens (tertiary/aromatic N) is 1. The van der Waals surface area contributed by atoms with Crippen molar-refractivity contribution in [2.45, 2.75) is 19.9 Å². The van der Waals surface area contributed by atoms with Crippen molar-refractivity contribution in [3.05, 3.63) is 12.3 Å². The van der Waals surface area contributed by atoms with Gasteiger partial charge in [-0.15, -0.1) is 0 Å². The summed E-state index contributed by atoms with van der Waals surface area (Å²) in [5, 5.41) is 3.13. The molecular formula is C11H18N2OS. The topological polar surface area (TPSA) is 24.5 Å². The summed E-state index contributed by atoms with van der Waals surface area (Å²) in [5.74, 6) is 0. The molecule has 15 heavy (non-hydrogen) atoms. The van der Waals surface area contributed by atoms with Gasteiger partial charge in [0.2, 0.25) is 0 Å². The Hall–Kier alpha value is -0.450. The quantitative estimate of drug-likeness (QED) is 0.678. The molecule has 1 unspecified atom stereocenters. The van der Waals surface area contributed by atoms with Crippen molar-refractivity contribution in [1.29, 1.82) is 0 Å². The van der Waals surface area contributed by atoms with Crippen LogP contribution in [0.4, 0.5) is 0 Å². The van der Waals surface area contributed by atoms with Gasteiger partial charge in [0, 0.05) is 24.5 Å². The van der Waals surface area contributed by atoms with Gasteiger partial charge in [-0.1, -0.05) is 32.1 Å². The second kappa shape index (κ2) is 4.20. The van der Waals surface area contributed by atoms with Crippen LogP contribution in [0.25, 0.3) is 0 Å². The van der Waals surface area contributed by atoms with E-state index >= 15 is 0 Å². The molecule has 1 fully saturated rings. The van der Waals surface area contributed by atoms with Crippen molar-refractivity contribution in [3.63, 3.8) is 0 Å². The minimum atomic E-state index is 0.0153. The normalized spacial score (nSPS) is 31.3. The van der Waals surface area contributed by atoms with Crippen LogP contribution in [0.3, 0.4) is 0 Å². The monoisotopic (exact) mass is 226 g/mol. The molecule has 0 amide bonds. The minimum absolute atomic E-state index is 0.0153. The van der Waals surface area contributed by atoms with Gasteiger partial charge in [-0.25, -0.2) is 0 Å². The lowest BCUT2D eigenvalue weighted by Gasteiger charge is -2.44. The van der Waals surface area contributed by atoms with E-state index in [0.717, 1.165) is 31.3 Å². The number of nitrogens with one attached hydrogen (secondary N) is 1. The van der Waals surface area contributed by atoms with E-state index in [2.05, 4.69) is 30.1 Å². The molecule has 0 saturated carbocycles. The average Bonchev–Trinajstić information content (AvgIpc) is 2.23. The van der Waals surface area contributed by atoms with Gasteiger partial charge in [0.25, 0.3) is 0 Å². The van der Waals surface area contributed by atoms with Crippen LogP contribution in [0.15, 0.2) is 12.3 Å². The third-order valence-electron chi connectivity index (χ3n) is 3.26. The molecular weight excluding hydrogens is 208 g/mol. The molecule has 0 aromatic carbocycles. The molecule has 4 heteroatoms. The van der Waals surface area contributed by atoms with Crippen molar-refractivity contribution in [2.75, 3.05) is 26.3 Å². The lowest BCUT2D eigenvalue weighted by molar-refractivity contribution is 0.0103. The van der Waals surface area contributed by atoms with Crippen LogP contribution in [0.2, 0.25) is 0 Å². The SMILES string of the molecule is CC1(C)C(=S)NC=CC1N1CCOCC1. The predicted molar refractivity (Wildman–Crippen MR) is 64.8 cm³/mol. The Balaban J connectivity index is 2.15. The predicted octanol–water partition coefficient (Wildman–Crippen LogP) is 1.16. The van der Waals surface area contributed by atoms with Crippen LogP contribution in [0.5, 0.6) is 0 Å². The number of hydrogen-bond donors (Lipinski definition) is 1. The highest BCUT2D eigenvalue weighted by molar-refractivity contribution is 7.80. The van der Waals surface area contributed by atoms with Crippen LogP contribution < -0.4 is 5.32 Å². The molecule has 2 aliphatic rings. The number of morpholine rings is 1. The fourth-order valence-electron chi connectivity index (χ4n) is 2.21. The maximum atomic E-state index is 5.37. The van der Waals surface area contributed by atoms with E-state index in [-0.39, 0.29) is 5.41 Å². The molecule has 1 saturated heterocycles. The fraction of sp³-hybridized carbons (Fsp3) is 0.727. The summed E-state index contributed by atoms with van der Waals surface area (Å²) in [5.41, 5.74) is 0.0153. The standard InChI is InChI=1S/C11H18N2OS/c1-11(2)9(3-4-12-10(11)15)13-5-7-14-8-6-13/h3-4,9H,5-8H2,1-2H3,(H,12,15). The summed E-state index contributed by atoms with van der Waals surface area (Å²) in [6, 6.07) is 0.398. The summed E-state index contributed by atoms with van der Waals surface area (Å²) in [4.78, 5) is 3.38. The molecule has 1 atom stereocenters. The van der Waals surface area contributed by atoms with Crippen LogP contribution >= 0.6 is 12.2 Å². The Morgan fingerprint density at radius 1 is 1.47 bits per heavy atom. The van der Waals surface area contributed by atoms with Crippen LogP contribution in [0, 0.1) is 5.41 Å². The summed E-state index contributed by atoms with van der Waals surface area (Å²) in [6.45, 7) is 8.07. The van der Waals surface area contributed by atoms with Gasteiger partial charge >= 0.3 is 0 Å². The largest absolute Gasteiger partial charge is 0.379 e. The van der Waals surface area contributed by atoms with Gasteiger partial charge in [-0.3, -0.25) is 4.90 Å². The molecule has 2 rings (SSSR count). The Bertz CT molecular complexity index is 282. The molecule has 0 aromatic rings. The molecule has 84 valence electrons. The van der Waals surface area contributed by atoms with Crippen molar-refractivity contribution in [2.24, 2.45) is 5.41 Å². The average molecular weight is 226 g/mol. The fourth-order valence-corrected chi connectivity index (χ4v) is 2.40. The van der Waals surface area contributed by atoms with E-state index in [0.29, 0.717) is 6.04 Å². The van der Waals surface area contributed by atoms with E-state index in [4.69, 9.17) is 17.0 Å². The first kappa shape index (κ1) is 11.0. The third-order valence-corrected chi connectivity index (χ3v) is 3.90. The Morgan fingerprint density at radius 2 is 2.13 bits per heavy atom. The first-order valence-corrected chi connectivity index (χ1v) is 5.82. The molecule has 0 aliphatic carbocycles.